The van der Waals surface area contributed by atoms with Gasteiger partial charge in [-0.15, -0.1) is 0 Å². The van der Waals surface area contributed by atoms with Gasteiger partial charge in [-0.05, 0) is 27.0 Å². The fourth-order valence-corrected chi connectivity index (χ4v) is 1.20. The average molecular weight is 227 g/mol. The number of likely N-dealkylation sites (N-methyl/N-ethyl adjacent to an activating group) is 1. The maximum Gasteiger partial charge on any atom is 0.339 e. The van der Waals surface area contributed by atoms with Crippen LogP contribution in [0.1, 0.15) is 30.0 Å². The molecule has 0 fully saturated rings. The highest BCUT2D eigenvalue weighted by molar-refractivity contribution is 5.88. The van der Waals surface area contributed by atoms with Gasteiger partial charge in [-0.25, -0.2) is 4.79 Å². The number of carboxylic acid groups (broad SMARTS) is 1. The highest BCUT2D eigenvalue weighted by Crippen LogP contribution is 2.18. The highest BCUT2D eigenvalue weighted by Gasteiger charge is 2.25. The maximum absolute atomic E-state index is 10.9. The molecule has 0 amide bonds. The van der Waals surface area contributed by atoms with Gasteiger partial charge in [0.05, 0.1) is 19.4 Å². The van der Waals surface area contributed by atoms with Gasteiger partial charge in [0.15, 0.2) is 0 Å². The standard InChI is InChI=1S/C11H17NO4/c1-11(2,7-13)12(3)6-9-8(10(14)15)4-5-16-9/h4-5,13H,6-7H2,1-3H3,(H,14,15). The second-order valence-electron chi connectivity index (χ2n) is 4.39. The lowest BCUT2D eigenvalue weighted by Gasteiger charge is -2.33. The minimum atomic E-state index is -1.00. The van der Waals surface area contributed by atoms with Crippen LogP contribution in [-0.2, 0) is 6.54 Å². The normalized spacial score (nSPS) is 12.1. The van der Waals surface area contributed by atoms with Gasteiger partial charge < -0.3 is 14.6 Å². The van der Waals surface area contributed by atoms with Crippen LogP contribution in [0.15, 0.2) is 16.7 Å². The van der Waals surface area contributed by atoms with E-state index in [0.29, 0.717) is 12.3 Å². The van der Waals surface area contributed by atoms with Crippen LogP contribution in [-0.4, -0.2) is 40.3 Å². The quantitative estimate of drug-likeness (QED) is 0.790. The smallest absolute Gasteiger partial charge is 0.339 e. The van der Waals surface area contributed by atoms with E-state index in [0.717, 1.165) is 0 Å². The number of aliphatic hydroxyl groups excluding tert-OH is 1. The first-order chi connectivity index (χ1) is 7.38. The van der Waals surface area contributed by atoms with Gasteiger partial charge in [0.2, 0.25) is 0 Å². The lowest BCUT2D eigenvalue weighted by molar-refractivity contribution is 0.0639. The second kappa shape index (κ2) is 4.67. The van der Waals surface area contributed by atoms with Crippen LogP contribution in [0, 0.1) is 0 Å². The average Bonchev–Trinajstić information content (AvgIpc) is 2.65. The van der Waals surface area contributed by atoms with E-state index in [1.165, 1.54) is 12.3 Å². The molecule has 5 nitrogen and oxygen atoms in total. The summed E-state index contributed by atoms with van der Waals surface area (Å²) < 4.78 is 5.13. The van der Waals surface area contributed by atoms with Gasteiger partial charge in [-0.1, -0.05) is 0 Å². The Balaban J connectivity index is 2.81. The number of nitrogens with zero attached hydrogens (tertiary/aromatic N) is 1. The molecule has 0 radical (unpaired) electrons. The van der Waals surface area contributed by atoms with E-state index in [-0.39, 0.29) is 12.2 Å². The molecule has 5 heteroatoms. The summed E-state index contributed by atoms with van der Waals surface area (Å²) >= 11 is 0. The fourth-order valence-electron chi connectivity index (χ4n) is 1.20. The summed E-state index contributed by atoms with van der Waals surface area (Å²) in [7, 11) is 1.81. The van der Waals surface area contributed by atoms with Crippen molar-refractivity contribution in [1.82, 2.24) is 4.90 Å². The van der Waals surface area contributed by atoms with Crippen molar-refractivity contribution in [1.29, 1.82) is 0 Å². The van der Waals surface area contributed by atoms with Crippen molar-refractivity contribution >= 4 is 5.97 Å². The second-order valence-corrected chi connectivity index (χ2v) is 4.39. The summed E-state index contributed by atoms with van der Waals surface area (Å²) in [6.07, 6.45) is 1.36. The third-order valence-corrected chi connectivity index (χ3v) is 2.78. The third-order valence-electron chi connectivity index (χ3n) is 2.78. The summed E-state index contributed by atoms with van der Waals surface area (Å²) in [6, 6.07) is 1.43. The first-order valence-electron chi connectivity index (χ1n) is 5.00. The zero-order valence-corrected chi connectivity index (χ0v) is 9.73. The molecule has 1 heterocycles. The van der Waals surface area contributed by atoms with Crippen LogP contribution in [0.2, 0.25) is 0 Å². The first kappa shape index (κ1) is 12.7. The van der Waals surface area contributed by atoms with Gasteiger partial charge in [0, 0.05) is 5.54 Å². The Hall–Kier alpha value is -1.33. The van der Waals surface area contributed by atoms with Crippen molar-refractivity contribution in [2.75, 3.05) is 13.7 Å². The number of hydrogen-bond donors (Lipinski definition) is 2. The van der Waals surface area contributed by atoms with E-state index >= 15 is 0 Å². The number of aromatic carboxylic acids is 1. The minimum Gasteiger partial charge on any atom is -0.478 e. The van der Waals surface area contributed by atoms with E-state index in [9.17, 15) is 9.90 Å². The molecule has 0 saturated heterocycles. The summed E-state index contributed by atoms with van der Waals surface area (Å²) in [5.41, 5.74) is -0.247. The van der Waals surface area contributed by atoms with E-state index in [2.05, 4.69) is 0 Å². The monoisotopic (exact) mass is 227 g/mol. The SMILES string of the molecule is CN(Cc1occc1C(=O)O)C(C)(C)CO. The molecular formula is C11H17NO4. The largest absolute Gasteiger partial charge is 0.478 e. The molecule has 0 unspecified atom stereocenters. The molecule has 0 aromatic carbocycles. The topological polar surface area (TPSA) is 73.9 Å². The number of carboxylic acids is 1. The first-order valence-corrected chi connectivity index (χ1v) is 5.00. The molecule has 2 N–H and O–H groups in total. The predicted molar refractivity (Wildman–Crippen MR) is 58.3 cm³/mol. The van der Waals surface area contributed by atoms with Crippen LogP contribution in [0.3, 0.4) is 0 Å². The van der Waals surface area contributed by atoms with Crippen molar-refractivity contribution in [2.24, 2.45) is 0 Å². The van der Waals surface area contributed by atoms with Crippen LogP contribution in [0.4, 0.5) is 0 Å². The van der Waals surface area contributed by atoms with Crippen molar-refractivity contribution in [3.8, 4) is 0 Å². The Kier molecular flexibility index (Phi) is 3.72. The van der Waals surface area contributed by atoms with Crippen molar-refractivity contribution < 1.29 is 19.4 Å². The lowest BCUT2D eigenvalue weighted by atomic mass is 10.0. The van der Waals surface area contributed by atoms with Crippen molar-refractivity contribution in [3.63, 3.8) is 0 Å². The molecule has 0 saturated carbocycles. The highest BCUT2D eigenvalue weighted by atomic mass is 16.4. The molecule has 0 spiro atoms. The molecule has 1 rings (SSSR count). The molecule has 1 aromatic rings. The minimum absolute atomic E-state index is 0.00733. The molecule has 0 bridgehead atoms. The molecule has 90 valence electrons. The van der Waals surface area contributed by atoms with Crippen molar-refractivity contribution in [2.45, 2.75) is 25.9 Å². The molecule has 0 aliphatic rings. The van der Waals surface area contributed by atoms with Gasteiger partial charge in [-0.2, -0.15) is 0 Å². The van der Waals surface area contributed by atoms with E-state index in [4.69, 9.17) is 9.52 Å². The maximum atomic E-state index is 10.9. The fraction of sp³-hybridized carbons (Fsp3) is 0.545. The van der Waals surface area contributed by atoms with E-state index < -0.39 is 11.5 Å². The zero-order chi connectivity index (χ0) is 12.3. The van der Waals surface area contributed by atoms with Crippen LogP contribution >= 0.6 is 0 Å². The molecular weight excluding hydrogens is 210 g/mol. The number of rotatable bonds is 5. The number of hydrogen-bond acceptors (Lipinski definition) is 4. The van der Waals surface area contributed by atoms with E-state index in [1.54, 1.807) is 0 Å². The Morgan fingerprint density at radius 2 is 2.19 bits per heavy atom. The van der Waals surface area contributed by atoms with Crippen LogP contribution in [0.5, 0.6) is 0 Å². The third kappa shape index (κ3) is 2.62. The molecule has 0 aliphatic carbocycles. The molecule has 0 aliphatic heterocycles. The van der Waals surface area contributed by atoms with Gasteiger partial charge in [0.25, 0.3) is 0 Å². The van der Waals surface area contributed by atoms with Gasteiger partial charge in [0.1, 0.15) is 11.3 Å². The van der Waals surface area contributed by atoms with Crippen LogP contribution < -0.4 is 0 Å². The van der Waals surface area contributed by atoms with Gasteiger partial charge >= 0.3 is 5.97 Å². The summed E-state index contributed by atoms with van der Waals surface area (Å²) in [5, 5.41) is 18.1. The number of furan rings is 1. The summed E-state index contributed by atoms with van der Waals surface area (Å²) in [6.45, 7) is 4.08. The molecule has 0 atom stereocenters. The summed E-state index contributed by atoms with van der Waals surface area (Å²) in [5.74, 6) is -0.601. The lowest BCUT2D eigenvalue weighted by Crippen LogP contribution is -2.43. The summed E-state index contributed by atoms with van der Waals surface area (Å²) in [4.78, 5) is 12.7. The van der Waals surface area contributed by atoms with E-state index in [1.807, 2.05) is 25.8 Å². The Morgan fingerprint density at radius 3 is 2.69 bits per heavy atom. The number of aliphatic hydroxyl groups is 1. The predicted octanol–water partition coefficient (Wildman–Crippen LogP) is 1.18. The number of carbonyl (C=O) groups is 1. The molecule has 16 heavy (non-hydrogen) atoms. The molecule has 1 aromatic heterocycles. The zero-order valence-electron chi connectivity index (χ0n) is 9.73. The Bertz CT molecular complexity index is 370. The van der Waals surface area contributed by atoms with Crippen LogP contribution in [0.25, 0.3) is 0 Å². The van der Waals surface area contributed by atoms with Gasteiger partial charge in [-0.3, -0.25) is 4.90 Å². The van der Waals surface area contributed by atoms with Crippen molar-refractivity contribution in [3.05, 3.63) is 23.7 Å². The Labute approximate surface area is 94.3 Å². The Morgan fingerprint density at radius 1 is 1.56 bits per heavy atom.